The van der Waals surface area contributed by atoms with E-state index >= 15 is 0 Å². The number of nitrogens with one attached hydrogen (secondary N) is 2. The normalized spacial score (nSPS) is 21.4. The van der Waals surface area contributed by atoms with E-state index in [-0.39, 0.29) is 35.9 Å². The molecular weight excluding hydrogens is 324 g/mol. The summed E-state index contributed by atoms with van der Waals surface area (Å²) in [5, 5.41) is 5.39. The SMILES string of the molecule is C[C@H](CN)NCc1ccc2c(c1)C(=O)N(C1CCC(=O)NC1=O)C2=O. The van der Waals surface area contributed by atoms with Crippen LogP contribution in [0.5, 0.6) is 0 Å². The fourth-order valence-electron chi connectivity index (χ4n) is 3.00. The number of carbonyl (C=O) groups is 4. The van der Waals surface area contributed by atoms with Crippen LogP contribution in [0.4, 0.5) is 0 Å². The van der Waals surface area contributed by atoms with Gasteiger partial charge >= 0.3 is 0 Å². The Labute approximate surface area is 144 Å². The minimum Gasteiger partial charge on any atom is -0.329 e. The molecule has 0 bridgehead atoms. The van der Waals surface area contributed by atoms with Gasteiger partial charge in [0.2, 0.25) is 11.8 Å². The van der Waals surface area contributed by atoms with Gasteiger partial charge in [-0.05, 0) is 31.0 Å². The van der Waals surface area contributed by atoms with Crippen LogP contribution < -0.4 is 16.4 Å². The maximum Gasteiger partial charge on any atom is 0.262 e. The van der Waals surface area contributed by atoms with Gasteiger partial charge < -0.3 is 11.1 Å². The number of benzene rings is 1. The minimum atomic E-state index is -0.941. The molecule has 1 unspecified atom stereocenters. The summed E-state index contributed by atoms with van der Waals surface area (Å²) in [6.07, 6.45) is 0.258. The van der Waals surface area contributed by atoms with Gasteiger partial charge in [-0.2, -0.15) is 0 Å². The molecule has 3 rings (SSSR count). The number of hydrogen-bond acceptors (Lipinski definition) is 6. The molecule has 2 atom stereocenters. The van der Waals surface area contributed by atoms with Gasteiger partial charge in [0.1, 0.15) is 6.04 Å². The summed E-state index contributed by atoms with van der Waals surface area (Å²) in [6.45, 7) is 2.96. The van der Waals surface area contributed by atoms with Crippen molar-refractivity contribution in [3.05, 3.63) is 34.9 Å². The van der Waals surface area contributed by atoms with Crippen LogP contribution in [0, 0.1) is 0 Å². The zero-order valence-electron chi connectivity index (χ0n) is 13.9. The average Bonchev–Trinajstić information content (AvgIpc) is 2.84. The first-order chi connectivity index (χ1) is 11.9. The number of rotatable bonds is 5. The second kappa shape index (κ2) is 6.73. The second-order valence-corrected chi connectivity index (χ2v) is 6.34. The number of piperidine rings is 1. The van der Waals surface area contributed by atoms with E-state index in [1.165, 1.54) is 0 Å². The molecule has 1 fully saturated rings. The van der Waals surface area contributed by atoms with Crippen molar-refractivity contribution in [1.82, 2.24) is 15.5 Å². The Balaban J connectivity index is 1.82. The molecule has 2 heterocycles. The number of amides is 4. The Kier molecular flexibility index (Phi) is 4.65. The molecule has 2 aliphatic heterocycles. The topological polar surface area (TPSA) is 122 Å². The highest BCUT2D eigenvalue weighted by Crippen LogP contribution is 2.28. The van der Waals surface area contributed by atoms with Crippen LogP contribution in [0.3, 0.4) is 0 Å². The number of hydrogen-bond donors (Lipinski definition) is 3. The summed E-state index contributed by atoms with van der Waals surface area (Å²) in [4.78, 5) is 49.5. The lowest BCUT2D eigenvalue weighted by molar-refractivity contribution is -0.136. The molecule has 132 valence electrons. The zero-order chi connectivity index (χ0) is 18.1. The van der Waals surface area contributed by atoms with E-state index in [0.717, 1.165) is 10.5 Å². The van der Waals surface area contributed by atoms with Crippen molar-refractivity contribution in [3.63, 3.8) is 0 Å². The van der Waals surface area contributed by atoms with Crippen LogP contribution in [0.15, 0.2) is 18.2 Å². The molecule has 4 amide bonds. The third-order valence-corrected chi connectivity index (χ3v) is 4.51. The number of fused-ring (bicyclic) bond motifs is 1. The Hall–Kier alpha value is -2.58. The van der Waals surface area contributed by atoms with Crippen molar-refractivity contribution in [3.8, 4) is 0 Å². The zero-order valence-corrected chi connectivity index (χ0v) is 13.9. The summed E-state index contributed by atoms with van der Waals surface area (Å²) in [6, 6.07) is 4.23. The Morgan fingerprint density at radius 3 is 2.64 bits per heavy atom. The highest BCUT2D eigenvalue weighted by atomic mass is 16.2. The van der Waals surface area contributed by atoms with E-state index in [4.69, 9.17) is 5.73 Å². The molecule has 1 aromatic carbocycles. The van der Waals surface area contributed by atoms with Crippen molar-refractivity contribution < 1.29 is 19.2 Å². The molecule has 0 aromatic heterocycles. The first-order valence-corrected chi connectivity index (χ1v) is 8.20. The summed E-state index contributed by atoms with van der Waals surface area (Å²) in [5.41, 5.74) is 6.98. The van der Waals surface area contributed by atoms with Gasteiger partial charge in [0.25, 0.3) is 11.8 Å². The van der Waals surface area contributed by atoms with Crippen LogP contribution in [-0.2, 0) is 16.1 Å². The second-order valence-electron chi connectivity index (χ2n) is 6.34. The van der Waals surface area contributed by atoms with E-state index in [2.05, 4.69) is 10.6 Å². The van der Waals surface area contributed by atoms with E-state index < -0.39 is 23.8 Å². The molecule has 0 saturated carbocycles. The van der Waals surface area contributed by atoms with Gasteiger partial charge in [-0.15, -0.1) is 0 Å². The van der Waals surface area contributed by atoms with E-state index in [1.54, 1.807) is 18.2 Å². The van der Waals surface area contributed by atoms with Crippen molar-refractivity contribution in [2.24, 2.45) is 5.73 Å². The standard InChI is InChI=1S/C17H20N4O4/c1-9(7-18)19-8-10-2-3-11-12(6-10)17(25)21(16(11)24)13-4-5-14(22)20-15(13)23/h2-3,6,9,13,19H,4-5,7-8,18H2,1H3,(H,20,22,23)/t9-,13?/m1/s1. The van der Waals surface area contributed by atoms with Crippen LogP contribution in [-0.4, -0.2) is 47.2 Å². The number of imide groups is 2. The molecule has 0 spiro atoms. The maximum atomic E-state index is 12.7. The molecule has 1 saturated heterocycles. The van der Waals surface area contributed by atoms with Crippen molar-refractivity contribution in [2.45, 2.75) is 38.4 Å². The summed E-state index contributed by atoms with van der Waals surface area (Å²) >= 11 is 0. The molecule has 4 N–H and O–H groups in total. The molecule has 0 aliphatic carbocycles. The summed E-state index contributed by atoms with van der Waals surface area (Å²) in [5.74, 6) is -1.99. The van der Waals surface area contributed by atoms with E-state index in [0.29, 0.717) is 13.1 Å². The average molecular weight is 344 g/mol. The van der Waals surface area contributed by atoms with E-state index in [1.807, 2.05) is 6.92 Å². The monoisotopic (exact) mass is 344 g/mol. The summed E-state index contributed by atoms with van der Waals surface area (Å²) < 4.78 is 0. The minimum absolute atomic E-state index is 0.107. The number of nitrogens with zero attached hydrogens (tertiary/aromatic N) is 1. The molecule has 8 nitrogen and oxygen atoms in total. The Morgan fingerprint density at radius 2 is 1.96 bits per heavy atom. The predicted octanol–water partition coefficient (Wildman–Crippen LogP) is -0.475. The van der Waals surface area contributed by atoms with Crippen LogP contribution >= 0.6 is 0 Å². The van der Waals surface area contributed by atoms with Gasteiger partial charge in [-0.25, -0.2) is 0 Å². The van der Waals surface area contributed by atoms with Gasteiger partial charge in [-0.3, -0.25) is 29.4 Å². The van der Waals surface area contributed by atoms with Gasteiger partial charge in [0.05, 0.1) is 11.1 Å². The number of carbonyl (C=O) groups excluding carboxylic acids is 4. The summed E-state index contributed by atoms with van der Waals surface area (Å²) in [7, 11) is 0. The molecular formula is C17H20N4O4. The fraction of sp³-hybridized carbons (Fsp3) is 0.412. The van der Waals surface area contributed by atoms with Gasteiger partial charge in [-0.1, -0.05) is 6.07 Å². The van der Waals surface area contributed by atoms with Crippen LogP contribution in [0.25, 0.3) is 0 Å². The Bertz CT molecular complexity index is 761. The fourth-order valence-corrected chi connectivity index (χ4v) is 3.00. The van der Waals surface area contributed by atoms with Gasteiger partial charge in [0.15, 0.2) is 0 Å². The third kappa shape index (κ3) is 3.18. The van der Waals surface area contributed by atoms with Crippen molar-refractivity contribution in [1.29, 1.82) is 0 Å². The number of nitrogens with two attached hydrogens (primary N) is 1. The van der Waals surface area contributed by atoms with Crippen LogP contribution in [0.2, 0.25) is 0 Å². The maximum absolute atomic E-state index is 12.7. The predicted molar refractivity (Wildman–Crippen MR) is 88.5 cm³/mol. The first kappa shape index (κ1) is 17.2. The lowest BCUT2D eigenvalue weighted by Gasteiger charge is -2.27. The first-order valence-electron chi connectivity index (χ1n) is 8.20. The molecule has 8 heteroatoms. The van der Waals surface area contributed by atoms with Gasteiger partial charge in [0, 0.05) is 25.6 Å². The lowest BCUT2D eigenvalue weighted by atomic mass is 10.0. The molecule has 1 aromatic rings. The quantitative estimate of drug-likeness (QED) is 0.621. The third-order valence-electron chi connectivity index (χ3n) is 4.51. The lowest BCUT2D eigenvalue weighted by Crippen LogP contribution is -2.54. The molecule has 25 heavy (non-hydrogen) atoms. The van der Waals surface area contributed by atoms with Crippen molar-refractivity contribution in [2.75, 3.05) is 6.54 Å². The highest BCUT2D eigenvalue weighted by molar-refractivity contribution is 6.23. The smallest absolute Gasteiger partial charge is 0.262 e. The molecule has 0 radical (unpaired) electrons. The molecule has 2 aliphatic rings. The van der Waals surface area contributed by atoms with Crippen molar-refractivity contribution >= 4 is 23.6 Å². The Morgan fingerprint density at radius 1 is 1.24 bits per heavy atom. The van der Waals surface area contributed by atoms with Crippen LogP contribution in [0.1, 0.15) is 46.0 Å². The highest BCUT2D eigenvalue weighted by Gasteiger charge is 2.44. The largest absolute Gasteiger partial charge is 0.329 e. The van der Waals surface area contributed by atoms with E-state index in [9.17, 15) is 19.2 Å².